The van der Waals surface area contributed by atoms with Gasteiger partial charge in [0.25, 0.3) is 0 Å². The van der Waals surface area contributed by atoms with Crippen molar-refractivity contribution in [3.8, 4) is 28.4 Å². The fourth-order valence-electron chi connectivity index (χ4n) is 3.20. The Hall–Kier alpha value is -3.67. The summed E-state index contributed by atoms with van der Waals surface area (Å²) in [5.74, 6) is 2.03. The molecule has 3 aromatic carbocycles. The van der Waals surface area contributed by atoms with Crippen LogP contribution in [-0.2, 0) is 4.79 Å². The SMILES string of the molecule is CCOc1ccccc1NC(=O)C(C)Nc1ccc(OC)c(-c2ccc(OC)cc2)c1. The number of carbonyl (C=O) groups excluding carboxylic acids is 1. The highest BCUT2D eigenvalue weighted by Gasteiger charge is 2.16. The van der Waals surface area contributed by atoms with Crippen LogP contribution in [-0.4, -0.2) is 32.8 Å². The van der Waals surface area contributed by atoms with Gasteiger partial charge in [0.15, 0.2) is 0 Å². The summed E-state index contributed by atoms with van der Waals surface area (Å²) in [5, 5.41) is 6.20. The molecule has 2 N–H and O–H groups in total. The molecule has 0 saturated heterocycles. The van der Waals surface area contributed by atoms with E-state index in [0.717, 1.165) is 28.3 Å². The van der Waals surface area contributed by atoms with E-state index in [1.54, 1.807) is 14.2 Å². The summed E-state index contributed by atoms with van der Waals surface area (Å²) in [5.41, 5.74) is 3.37. The number of ether oxygens (including phenoxy) is 3. The number of para-hydroxylation sites is 2. The molecule has 0 spiro atoms. The number of hydrogen-bond donors (Lipinski definition) is 2. The minimum atomic E-state index is -0.466. The molecule has 1 atom stereocenters. The maximum absolute atomic E-state index is 12.8. The number of anilines is 2. The second-order valence-corrected chi connectivity index (χ2v) is 6.93. The first-order chi connectivity index (χ1) is 15.0. The van der Waals surface area contributed by atoms with Crippen LogP contribution >= 0.6 is 0 Å². The first kappa shape index (κ1) is 22.0. The molecule has 0 heterocycles. The summed E-state index contributed by atoms with van der Waals surface area (Å²) in [7, 11) is 3.28. The Labute approximate surface area is 183 Å². The van der Waals surface area contributed by atoms with E-state index >= 15 is 0 Å². The normalized spacial score (nSPS) is 11.4. The monoisotopic (exact) mass is 420 g/mol. The zero-order valence-corrected chi connectivity index (χ0v) is 18.3. The predicted octanol–water partition coefficient (Wildman–Crippen LogP) is 5.21. The predicted molar refractivity (Wildman–Crippen MR) is 124 cm³/mol. The molecule has 3 aromatic rings. The molecule has 0 aliphatic carbocycles. The van der Waals surface area contributed by atoms with Gasteiger partial charge in [-0.15, -0.1) is 0 Å². The van der Waals surface area contributed by atoms with E-state index in [4.69, 9.17) is 14.2 Å². The number of benzene rings is 3. The lowest BCUT2D eigenvalue weighted by Gasteiger charge is -2.18. The van der Waals surface area contributed by atoms with Gasteiger partial charge in [0.1, 0.15) is 23.3 Å². The topological polar surface area (TPSA) is 68.8 Å². The molecule has 0 radical (unpaired) electrons. The van der Waals surface area contributed by atoms with Crippen LogP contribution in [0.5, 0.6) is 17.2 Å². The van der Waals surface area contributed by atoms with E-state index < -0.39 is 6.04 Å². The van der Waals surface area contributed by atoms with Crippen molar-refractivity contribution < 1.29 is 19.0 Å². The van der Waals surface area contributed by atoms with Crippen molar-refractivity contribution in [3.63, 3.8) is 0 Å². The summed E-state index contributed by atoms with van der Waals surface area (Å²) >= 11 is 0. The molecule has 1 unspecified atom stereocenters. The van der Waals surface area contributed by atoms with E-state index in [9.17, 15) is 4.79 Å². The summed E-state index contributed by atoms with van der Waals surface area (Å²) < 4.78 is 16.4. The largest absolute Gasteiger partial charge is 0.497 e. The van der Waals surface area contributed by atoms with Crippen molar-refractivity contribution >= 4 is 17.3 Å². The van der Waals surface area contributed by atoms with Gasteiger partial charge in [-0.05, 0) is 61.9 Å². The molecule has 0 saturated carbocycles. The molecule has 162 valence electrons. The van der Waals surface area contributed by atoms with Crippen LogP contribution in [0.3, 0.4) is 0 Å². The summed E-state index contributed by atoms with van der Waals surface area (Å²) in [6, 6.07) is 20.4. The highest BCUT2D eigenvalue weighted by molar-refractivity contribution is 5.97. The third kappa shape index (κ3) is 5.48. The maximum atomic E-state index is 12.8. The fourth-order valence-corrected chi connectivity index (χ4v) is 3.20. The number of rotatable bonds is 9. The minimum Gasteiger partial charge on any atom is -0.497 e. The molecule has 0 bridgehead atoms. The molecule has 0 aromatic heterocycles. The lowest BCUT2D eigenvalue weighted by molar-refractivity contribution is -0.116. The highest BCUT2D eigenvalue weighted by atomic mass is 16.5. The van der Waals surface area contributed by atoms with Crippen molar-refractivity contribution in [2.75, 3.05) is 31.5 Å². The molecule has 0 aliphatic heterocycles. The van der Waals surface area contributed by atoms with Gasteiger partial charge in [0, 0.05) is 11.3 Å². The van der Waals surface area contributed by atoms with E-state index in [-0.39, 0.29) is 5.91 Å². The van der Waals surface area contributed by atoms with Crippen LogP contribution in [0.1, 0.15) is 13.8 Å². The highest BCUT2D eigenvalue weighted by Crippen LogP contribution is 2.33. The average molecular weight is 421 g/mol. The van der Waals surface area contributed by atoms with E-state index in [2.05, 4.69) is 10.6 Å². The van der Waals surface area contributed by atoms with E-state index in [1.165, 1.54) is 0 Å². The van der Waals surface area contributed by atoms with Crippen LogP contribution in [0.4, 0.5) is 11.4 Å². The van der Waals surface area contributed by atoms with Crippen molar-refractivity contribution in [1.82, 2.24) is 0 Å². The molecule has 1 amide bonds. The number of amides is 1. The van der Waals surface area contributed by atoms with Crippen molar-refractivity contribution in [3.05, 3.63) is 66.7 Å². The van der Waals surface area contributed by atoms with Gasteiger partial charge in [-0.25, -0.2) is 0 Å². The molecular weight excluding hydrogens is 392 g/mol. The van der Waals surface area contributed by atoms with Crippen molar-refractivity contribution in [2.45, 2.75) is 19.9 Å². The average Bonchev–Trinajstić information content (AvgIpc) is 2.80. The third-order valence-electron chi connectivity index (χ3n) is 4.82. The van der Waals surface area contributed by atoms with Gasteiger partial charge in [0.2, 0.25) is 5.91 Å². The Bertz CT molecular complexity index is 1020. The van der Waals surface area contributed by atoms with Crippen LogP contribution in [0.15, 0.2) is 66.7 Å². The van der Waals surface area contributed by atoms with Crippen molar-refractivity contribution in [2.24, 2.45) is 0 Å². The smallest absolute Gasteiger partial charge is 0.246 e. The third-order valence-corrected chi connectivity index (χ3v) is 4.82. The van der Waals surface area contributed by atoms with E-state index in [1.807, 2.05) is 80.6 Å². The molecule has 3 rings (SSSR count). The number of hydrogen-bond acceptors (Lipinski definition) is 5. The standard InChI is InChI=1S/C25H28N2O4/c1-5-31-24-9-7-6-8-22(24)27-25(28)17(2)26-19-12-15-23(30-4)21(16-19)18-10-13-20(29-3)14-11-18/h6-17,26H,5H2,1-4H3,(H,27,28). The molecule has 0 aliphatic rings. The van der Waals surface area contributed by atoms with Gasteiger partial charge in [0.05, 0.1) is 26.5 Å². The van der Waals surface area contributed by atoms with Crippen LogP contribution in [0.2, 0.25) is 0 Å². The molecule has 6 heteroatoms. The summed E-state index contributed by atoms with van der Waals surface area (Å²) in [4.78, 5) is 12.8. The van der Waals surface area contributed by atoms with Gasteiger partial charge >= 0.3 is 0 Å². The molecule has 6 nitrogen and oxygen atoms in total. The van der Waals surface area contributed by atoms with Crippen LogP contribution < -0.4 is 24.8 Å². The Balaban J connectivity index is 1.76. The quantitative estimate of drug-likeness (QED) is 0.497. The first-order valence-corrected chi connectivity index (χ1v) is 10.2. The maximum Gasteiger partial charge on any atom is 0.246 e. The Morgan fingerprint density at radius 2 is 1.68 bits per heavy atom. The Morgan fingerprint density at radius 3 is 2.35 bits per heavy atom. The number of carbonyl (C=O) groups is 1. The number of methoxy groups -OCH3 is 2. The minimum absolute atomic E-state index is 0.158. The summed E-state index contributed by atoms with van der Waals surface area (Å²) in [6.07, 6.45) is 0. The van der Waals surface area contributed by atoms with E-state index in [0.29, 0.717) is 18.0 Å². The lowest BCUT2D eigenvalue weighted by Crippen LogP contribution is -2.32. The Kier molecular flexibility index (Phi) is 7.38. The zero-order valence-electron chi connectivity index (χ0n) is 18.3. The van der Waals surface area contributed by atoms with Gasteiger partial charge in [-0.3, -0.25) is 4.79 Å². The second-order valence-electron chi connectivity index (χ2n) is 6.93. The number of nitrogens with one attached hydrogen (secondary N) is 2. The fraction of sp³-hybridized carbons (Fsp3) is 0.240. The molecule has 0 fully saturated rings. The van der Waals surface area contributed by atoms with Crippen LogP contribution in [0, 0.1) is 0 Å². The zero-order chi connectivity index (χ0) is 22.2. The molecule has 31 heavy (non-hydrogen) atoms. The summed E-state index contributed by atoms with van der Waals surface area (Å²) in [6.45, 7) is 4.25. The van der Waals surface area contributed by atoms with Crippen molar-refractivity contribution in [1.29, 1.82) is 0 Å². The second kappa shape index (κ2) is 10.4. The van der Waals surface area contributed by atoms with Gasteiger partial charge < -0.3 is 24.8 Å². The molecular formula is C25H28N2O4. The Morgan fingerprint density at radius 1 is 0.935 bits per heavy atom. The van der Waals surface area contributed by atoms with Gasteiger partial charge in [-0.1, -0.05) is 24.3 Å². The lowest BCUT2D eigenvalue weighted by atomic mass is 10.0. The van der Waals surface area contributed by atoms with Gasteiger partial charge in [-0.2, -0.15) is 0 Å². The first-order valence-electron chi connectivity index (χ1n) is 10.2. The van der Waals surface area contributed by atoms with Crippen LogP contribution in [0.25, 0.3) is 11.1 Å².